The molecule has 1 rings (SSSR count). The summed E-state index contributed by atoms with van der Waals surface area (Å²) in [5.74, 6) is -0.792. The number of nitrogens with zero attached hydrogens (tertiary/aromatic N) is 1. The van der Waals surface area contributed by atoms with Gasteiger partial charge in [-0.2, -0.15) is 0 Å². The molecule has 0 amide bonds. The van der Waals surface area contributed by atoms with Crippen molar-refractivity contribution in [3.63, 3.8) is 0 Å². The SMILES string of the molecule is CNC1CC(NCC(=O)O)CN(C)C1. The zero-order chi connectivity index (χ0) is 10.6. The number of likely N-dealkylation sites (N-methyl/N-ethyl adjacent to an activating group) is 2. The van der Waals surface area contributed by atoms with Gasteiger partial charge in [-0.15, -0.1) is 0 Å². The number of hydrogen-bond acceptors (Lipinski definition) is 4. The summed E-state index contributed by atoms with van der Waals surface area (Å²) in [7, 11) is 4.00. The summed E-state index contributed by atoms with van der Waals surface area (Å²) in [6.07, 6.45) is 0.994. The third kappa shape index (κ3) is 3.61. The predicted molar refractivity (Wildman–Crippen MR) is 54.4 cm³/mol. The minimum atomic E-state index is -0.792. The van der Waals surface area contributed by atoms with Crippen molar-refractivity contribution >= 4 is 5.97 Å². The Morgan fingerprint density at radius 1 is 1.50 bits per heavy atom. The van der Waals surface area contributed by atoms with E-state index in [0.29, 0.717) is 6.04 Å². The molecule has 0 aromatic rings. The van der Waals surface area contributed by atoms with Crippen LogP contribution in [0, 0.1) is 0 Å². The summed E-state index contributed by atoms with van der Waals surface area (Å²) in [6.45, 7) is 2.00. The van der Waals surface area contributed by atoms with E-state index in [0.717, 1.165) is 19.5 Å². The smallest absolute Gasteiger partial charge is 0.317 e. The fraction of sp³-hybridized carbons (Fsp3) is 0.889. The van der Waals surface area contributed by atoms with Crippen molar-refractivity contribution < 1.29 is 9.90 Å². The van der Waals surface area contributed by atoms with Crippen LogP contribution >= 0.6 is 0 Å². The van der Waals surface area contributed by atoms with Crippen molar-refractivity contribution in [2.75, 3.05) is 33.7 Å². The van der Waals surface area contributed by atoms with Gasteiger partial charge >= 0.3 is 5.97 Å². The summed E-state index contributed by atoms with van der Waals surface area (Å²) in [5.41, 5.74) is 0. The second-order valence-electron chi connectivity index (χ2n) is 3.91. The fourth-order valence-electron chi connectivity index (χ4n) is 1.91. The zero-order valence-corrected chi connectivity index (χ0v) is 8.79. The largest absolute Gasteiger partial charge is 0.480 e. The van der Waals surface area contributed by atoms with Gasteiger partial charge in [0.15, 0.2) is 0 Å². The molecule has 5 nitrogen and oxygen atoms in total. The van der Waals surface area contributed by atoms with Crippen LogP contribution < -0.4 is 10.6 Å². The van der Waals surface area contributed by atoms with E-state index in [-0.39, 0.29) is 12.6 Å². The third-order valence-electron chi connectivity index (χ3n) is 2.58. The summed E-state index contributed by atoms with van der Waals surface area (Å²) < 4.78 is 0. The van der Waals surface area contributed by atoms with Gasteiger partial charge in [-0.3, -0.25) is 4.79 Å². The second-order valence-corrected chi connectivity index (χ2v) is 3.91. The quantitative estimate of drug-likeness (QED) is 0.542. The first-order valence-electron chi connectivity index (χ1n) is 4.92. The molecule has 14 heavy (non-hydrogen) atoms. The molecule has 0 radical (unpaired) electrons. The summed E-state index contributed by atoms with van der Waals surface area (Å²) in [4.78, 5) is 12.6. The van der Waals surface area contributed by atoms with Gasteiger partial charge < -0.3 is 20.6 Å². The number of carboxylic acid groups (broad SMARTS) is 1. The van der Waals surface area contributed by atoms with E-state index in [2.05, 4.69) is 22.6 Å². The first-order chi connectivity index (χ1) is 6.61. The average Bonchev–Trinajstić information content (AvgIpc) is 2.14. The highest BCUT2D eigenvalue weighted by Gasteiger charge is 2.23. The summed E-state index contributed by atoms with van der Waals surface area (Å²) >= 11 is 0. The lowest BCUT2D eigenvalue weighted by Crippen LogP contribution is -2.54. The van der Waals surface area contributed by atoms with Crippen LogP contribution in [0.4, 0.5) is 0 Å². The number of carbonyl (C=O) groups is 1. The van der Waals surface area contributed by atoms with E-state index in [9.17, 15) is 4.79 Å². The molecular weight excluding hydrogens is 182 g/mol. The molecule has 0 spiro atoms. The molecule has 1 aliphatic heterocycles. The number of nitrogens with one attached hydrogen (secondary N) is 2. The van der Waals surface area contributed by atoms with Crippen molar-refractivity contribution in [1.82, 2.24) is 15.5 Å². The molecule has 0 aromatic carbocycles. The van der Waals surface area contributed by atoms with Crippen molar-refractivity contribution in [1.29, 1.82) is 0 Å². The average molecular weight is 201 g/mol. The number of rotatable bonds is 4. The molecule has 1 saturated heterocycles. The molecule has 1 heterocycles. The fourth-order valence-corrected chi connectivity index (χ4v) is 1.91. The van der Waals surface area contributed by atoms with Gasteiger partial charge in [0.1, 0.15) is 0 Å². The molecule has 0 aromatic heterocycles. The highest BCUT2D eigenvalue weighted by atomic mass is 16.4. The van der Waals surface area contributed by atoms with Crippen molar-refractivity contribution in [3.8, 4) is 0 Å². The monoisotopic (exact) mass is 201 g/mol. The van der Waals surface area contributed by atoms with Crippen LogP contribution in [0.15, 0.2) is 0 Å². The van der Waals surface area contributed by atoms with Gasteiger partial charge in [-0.25, -0.2) is 0 Å². The zero-order valence-electron chi connectivity index (χ0n) is 8.79. The van der Waals surface area contributed by atoms with Crippen LogP contribution in [0.5, 0.6) is 0 Å². The van der Waals surface area contributed by atoms with Crippen LogP contribution in [-0.4, -0.2) is 61.8 Å². The molecule has 82 valence electrons. The summed E-state index contributed by atoms with van der Waals surface area (Å²) in [5, 5.41) is 14.8. The first-order valence-corrected chi connectivity index (χ1v) is 4.92. The number of piperidine rings is 1. The Balaban J connectivity index is 2.33. The lowest BCUT2D eigenvalue weighted by molar-refractivity contribution is -0.136. The molecule has 2 atom stereocenters. The normalized spacial score (nSPS) is 29.0. The van der Waals surface area contributed by atoms with E-state index in [4.69, 9.17) is 5.11 Å². The maximum absolute atomic E-state index is 10.4. The van der Waals surface area contributed by atoms with E-state index < -0.39 is 5.97 Å². The van der Waals surface area contributed by atoms with Gasteiger partial charge in [0.25, 0.3) is 0 Å². The molecular formula is C9H19N3O2. The van der Waals surface area contributed by atoms with Crippen LogP contribution in [-0.2, 0) is 4.79 Å². The van der Waals surface area contributed by atoms with E-state index in [1.807, 2.05) is 7.05 Å². The molecule has 3 N–H and O–H groups in total. The Kier molecular flexibility index (Phi) is 4.31. The Hall–Kier alpha value is -0.650. The number of hydrogen-bond donors (Lipinski definition) is 3. The minimum absolute atomic E-state index is 0.0505. The number of carboxylic acids is 1. The van der Waals surface area contributed by atoms with E-state index in [1.54, 1.807) is 0 Å². The molecule has 0 bridgehead atoms. The topological polar surface area (TPSA) is 64.6 Å². The van der Waals surface area contributed by atoms with Gasteiger partial charge in [-0.1, -0.05) is 0 Å². The van der Waals surface area contributed by atoms with Crippen LogP contribution in [0.1, 0.15) is 6.42 Å². The highest BCUT2D eigenvalue weighted by molar-refractivity contribution is 5.69. The molecule has 0 saturated carbocycles. The van der Waals surface area contributed by atoms with Gasteiger partial charge in [0, 0.05) is 25.2 Å². The lowest BCUT2D eigenvalue weighted by atomic mass is 10.0. The Morgan fingerprint density at radius 3 is 2.71 bits per heavy atom. The van der Waals surface area contributed by atoms with E-state index >= 15 is 0 Å². The van der Waals surface area contributed by atoms with Crippen molar-refractivity contribution in [3.05, 3.63) is 0 Å². The van der Waals surface area contributed by atoms with Crippen molar-refractivity contribution in [2.24, 2.45) is 0 Å². The van der Waals surface area contributed by atoms with Gasteiger partial charge in [0.2, 0.25) is 0 Å². The molecule has 2 unspecified atom stereocenters. The molecule has 5 heteroatoms. The van der Waals surface area contributed by atoms with Crippen molar-refractivity contribution in [2.45, 2.75) is 18.5 Å². The van der Waals surface area contributed by atoms with Gasteiger partial charge in [-0.05, 0) is 20.5 Å². The van der Waals surface area contributed by atoms with E-state index in [1.165, 1.54) is 0 Å². The van der Waals surface area contributed by atoms with Crippen LogP contribution in [0.25, 0.3) is 0 Å². The third-order valence-corrected chi connectivity index (χ3v) is 2.58. The Labute approximate surface area is 84.5 Å². The molecule has 1 aliphatic rings. The molecule has 0 aliphatic carbocycles. The standard InChI is InChI=1S/C9H19N3O2/c1-10-7-3-8(6-12(2)5-7)11-4-9(13)14/h7-8,10-11H,3-6H2,1-2H3,(H,13,14). The predicted octanol–water partition coefficient (Wildman–Crippen LogP) is -1.05. The Morgan fingerprint density at radius 2 is 2.14 bits per heavy atom. The maximum atomic E-state index is 10.4. The minimum Gasteiger partial charge on any atom is -0.480 e. The lowest BCUT2D eigenvalue weighted by Gasteiger charge is -2.35. The second kappa shape index (κ2) is 5.29. The van der Waals surface area contributed by atoms with Gasteiger partial charge in [0.05, 0.1) is 6.54 Å². The van der Waals surface area contributed by atoms with Crippen LogP contribution in [0.3, 0.4) is 0 Å². The maximum Gasteiger partial charge on any atom is 0.317 e. The summed E-state index contributed by atoms with van der Waals surface area (Å²) in [6, 6.07) is 0.738. The molecule has 1 fully saturated rings. The number of aliphatic carboxylic acids is 1. The Bertz CT molecular complexity index is 198. The first kappa shape index (κ1) is 11.4. The van der Waals surface area contributed by atoms with Crippen LogP contribution in [0.2, 0.25) is 0 Å². The number of likely N-dealkylation sites (tertiary alicyclic amines) is 1. The highest BCUT2D eigenvalue weighted by Crippen LogP contribution is 2.08.